The molecule has 2 nitrogen and oxygen atoms in total. The molecule has 0 bridgehead atoms. The lowest BCUT2D eigenvalue weighted by atomic mass is 9.93. The number of nitrogens with one attached hydrogen (secondary N) is 2. The predicted molar refractivity (Wildman–Crippen MR) is 69.6 cm³/mol. The van der Waals surface area contributed by atoms with Crippen LogP contribution in [0.3, 0.4) is 0 Å². The van der Waals surface area contributed by atoms with E-state index in [4.69, 9.17) is 0 Å². The molecule has 2 heteroatoms. The predicted octanol–water partition coefficient (Wildman–Crippen LogP) is 2.40. The van der Waals surface area contributed by atoms with Crippen molar-refractivity contribution in [3.63, 3.8) is 0 Å². The zero-order chi connectivity index (χ0) is 11.4. The van der Waals surface area contributed by atoms with E-state index in [1.807, 2.05) is 0 Å². The van der Waals surface area contributed by atoms with Gasteiger partial charge in [0.15, 0.2) is 0 Å². The van der Waals surface area contributed by atoms with Crippen LogP contribution in [0.25, 0.3) is 0 Å². The Morgan fingerprint density at radius 1 is 1.25 bits per heavy atom. The smallest absolute Gasteiger partial charge is 0.00955 e. The zero-order valence-corrected chi connectivity index (χ0v) is 11.0. The highest BCUT2D eigenvalue weighted by Gasteiger charge is 2.31. The molecule has 1 aliphatic carbocycles. The SMILES string of the molecule is CCC1CCC(NCC2CCCNC2)C1C. The Bertz CT molecular complexity index is 199. The van der Waals surface area contributed by atoms with E-state index < -0.39 is 0 Å². The summed E-state index contributed by atoms with van der Waals surface area (Å²) in [6.45, 7) is 8.48. The summed E-state index contributed by atoms with van der Waals surface area (Å²) in [5.74, 6) is 2.74. The van der Waals surface area contributed by atoms with Crippen LogP contribution in [0.15, 0.2) is 0 Å². The highest BCUT2D eigenvalue weighted by molar-refractivity contribution is 4.87. The fourth-order valence-corrected chi connectivity index (χ4v) is 3.53. The van der Waals surface area contributed by atoms with Crippen molar-refractivity contribution in [2.75, 3.05) is 19.6 Å². The average molecular weight is 224 g/mol. The summed E-state index contributed by atoms with van der Waals surface area (Å²) in [7, 11) is 0. The Balaban J connectivity index is 1.69. The van der Waals surface area contributed by atoms with Crippen molar-refractivity contribution in [1.29, 1.82) is 0 Å². The van der Waals surface area contributed by atoms with Gasteiger partial charge in [-0.3, -0.25) is 0 Å². The molecule has 0 amide bonds. The van der Waals surface area contributed by atoms with Crippen LogP contribution >= 0.6 is 0 Å². The Labute approximate surface area is 101 Å². The van der Waals surface area contributed by atoms with Crippen LogP contribution in [-0.2, 0) is 0 Å². The van der Waals surface area contributed by atoms with Gasteiger partial charge in [-0.2, -0.15) is 0 Å². The third-order valence-corrected chi connectivity index (χ3v) is 4.82. The Morgan fingerprint density at radius 2 is 2.12 bits per heavy atom. The second-order valence-electron chi connectivity index (χ2n) is 5.83. The van der Waals surface area contributed by atoms with E-state index in [0.29, 0.717) is 0 Å². The molecule has 2 fully saturated rings. The van der Waals surface area contributed by atoms with Crippen molar-refractivity contribution < 1.29 is 0 Å². The van der Waals surface area contributed by atoms with Gasteiger partial charge in [0.2, 0.25) is 0 Å². The molecular weight excluding hydrogens is 196 g/mol. The maximum atomic E-state index is 3.83. The third kappa shape index (κ3) is 2.98. The number of rotatable bonds is 4. The molecule has 2 rings (SSSR count). The van der Waals surface area contributed by atoms with Crippen molar-refractivity contribution >= 4 is 0 Å². The van der Waals surface area contributed by atoms with E-state index in [-0.39, 0.29) is 0 Å². The lowest BCUT2D eigenvalue weighted by Crippen LogP contribution is -2.41. The van der Waals surface area contributed by atoms with Gasteiger partial charge < -0.3 is 10.6 Å². The molecule has 1 saturated heterocycles. The van der Waals surface area contributed by atoms with E-state index in [1.54, 1.807) is 0 Å². The lowest BCUT2D eigenvalue weighted by Gasteiger charge is -2.27. The van der Waals surface area contributed by atoms with Crippen molar-refractivity contribution in [1.82, 2.24) is 10.6 Å². The number of piperidine rings is 1. The van der Waals surface area contributed by atoms with E-state index in [1.165, 1.54) is 51.7 Å². The summed E-state index contributed by atoms with van der Waals surface area (Å²) in [6.07, 6.45) is 6.99. The molecule has 1 aliphatic heterocycles. The van der Waals surface area contributed by atoms with E-state index >= 15 is 0 Å². The molecule has 0 aromatic carbocycles. The summed E-state index contributed by atoms with van der Waals surface area (Å²) < 4.78 is 0. The molecule has 4 unspecified atom stereocenters. The molecule has 4 atom stereocenters. The quantitative estimate of drug-likeness (QED) is 0.766. The van der Waals surface area contributed by atoms with Gasteiger partial charge in [0.25, 0.3) is 0 Å². The summed E-state index contributed by atoms with van der Waals surface area (Å²) in [5.41, 5.74) is 0. The molecule has 1 saturated carbocycles. The molecule has 0 radical (unpaired) electrons. The molecule has 0 aromatic heterocycles. The first-order valence-corrected chi connectivity index (χ1v) is 7.25. The van der Waals surface area contributed by atoms with Crippen molar-refractivity contribution in [3.05, 3.63) is 0 Å². The van der Waals surface area contributed by atoms with Gasteiger partial charge in [-0.1, -0.05) is 20.3 Å². The van der Waals surface area contributed by atoms with Gasteiger partial charge in [-0.25, -0.2) is 0 Å². The van der Waals surface area contributed by atoms with E-state index in [2.05, 4.69) is 24.5 Å². The van der Waals surface area contributed by atoms with E-state index in [0.717, 1.165) is 23.8 Å². The monoisotopic (exact) mass is 224 g/mol. The number of hydrogen-bond acceptors (Lipinski definition) is 2. The van der Waals surface area contributed by atoms with Crippen molar-refractivity contribution in [3.8, 4) is 0 Å². The van der Waals surface area contributed by atoms with Crippen molar-refractivity contribution in [2.24, 2.45) is 17.8 Å². The highest BCUT2D eigenvalue weighted by atomic mass is 15.0. The van der Waals surface area contributed by atoms with Gasteiger partial charge in [0.1, 0.15) is 0 Å². The molecule has 2 aliphatic rings. The Kier molecular flexibility index (Phi) is 4.66. The minimum Gasteiger partial charge on any atom is -0.316 e. The molecule has 0 aromatic rings. The third-order valence-electron chi connectivity index (χ3n) is 4.82. The molecule has 1 heterocycles. The molecular formula is C14H28N2. The highest BCUT2D eigenvalue weighted by Crippen LogP contribution is 2.33. The molecule has 16 heavy (non-hydrogen) atoms. The van der Waals surface area contributed by atoms with Crippen LogP contribution in [0.1, 0.15) is 46.0 Å². The van der Waals surface area contributed by atoms with Crippen LogP contribution < -0.4 is 10.6 Å². The van der Waals surface area contributed by atoms with Crippen LogP contribution in [0.4, 0.5) is 0 Å². The maximum Gasteiger partial charge on any atom is 0.00955 e. The first-order valence-electron chi connectivity index (χ1n) is 7.25. The first kappa shape index (κ1) is 12.4. The number of hydrogen-bond donors (Lipinski definition) is 2. The van der Waals surface area contributed by atoms with Gasteiger partial charge in [-0.05, 0) is 63.1 Å². The zero-order valence-electron chi connectivity index (χ0n) is 11.0. The van der Waals surface area contributed by atoms with Crippen molar-refractivity contribution in [2.45, 2.75) is 52.0 Å². The van der Waals surface area contributed by atoms with Crippen LogP contribution in [-0.4, -0.2) is 25.7 Å². The van der Waals surface area contributed by atoms with Gasteiger partial charge in [0, 0.05) is 6.04 Å². The Morgan fingerprint density at radius 3 is 2.75 bits per heavy atom. The molecule has 2 N–H and O–H groups in total. The van der Waals surface area contributed by atoms with Crippen LogP contribution in [0, 0.1) is 17.8 Å². The second kappa shape index (κ2) is 6.02. The van der Waals surface area contributed by atoms with Crippen LogP contribution in [0.5, 0.6) is 0 Å². The first-order chi connectivity index (χ1) is 7.81. The standard InChI is InChI=1S/C14H28N2/c1-3-13-6-7-14(11(13)2)16-10-12-5-4-8-15-9-12/h11-16H,3-10H2,1-2H3. The maximum absolute atomic E-state index is 3.83. The Hall–Kier alpha value is -0.0800. The normalized spacial score (nSPS) is 40.1. The molecule has 0 spiro atoms. The average Bonchev–Trinajstić information content (AvgIpc) is 2.69. The summed E-state index contributed by atoms with van der Waals surface area (Å²) in [5, 5.41) is 7.33. The van der Waals surface area contributed by atoms with E-state index in [9.17, 15) is 0 Å². The molecule has 94 valence electrons. The second-order valence-corrected chi connectivity index (χ2v) is 5.83. The summed E-state index contributed by atoms with van der Waals surface area (Å²) in [4.78, 5) is 0. The largest absolute Gasteiger partial charge is 0.316 e. The summed E-state index contributed by atoms with van der Waals surface area (Å²) in [6, 6.07) is 0.798. The summed E-state index contributed by atoms with van der Waals surface area (Å²) >= 11 is 0. The fraction of sp³-hybridized carbons (Fsp3) is 1.00. The minimum absolute atomic E-state index is 0.798. The minimum atomic E-state index is 0.798. The van der Waals surface area contributed by atoms with Crippen LogP contribution in [0.2, 0.25) is 0 Å². The van der Waals surface area contributed by atoms with Gasteiger partial charge in [0.05, 0.1) is 0 Å². The van der Waals surface area contributed by atoms with Gasteiger partial charge in [-0.15, -0.1) is 0 Å². The van der Waals surface area contributed by atoms with Gasteiger partial charge >= 0.3 is 0 Å². The fourth-order valence-electron chi connectivity index (χ4n) is 3.53. The lowest BCUT2D eigenvalue weighted by molar-refractivity contribution is 0.303. The topological polar surface area (TPSA) is 24.1 Å².